The van der Waals surface area contributed by atoms with Crippen molar-refractivity contribution in [3.05, 3.63) is 81.5 Å². The van der Waals surface area contributed by atoms with Crippen LogP contribution in [0.15, 0.2) is 74.2 Å². The molecular weight excluding hydrogens is 356 g/mol. The summed E-state index contributed by atoms with van der Waals surface area (Å²) in [6.07, 6.45) is 3.34. The van der Waals surface area contributed by atoms with Crippen LogP contribution in [-0.4, -0.2) is 4.57 Å². The molecule has 0 aliphatic carbocycles. The molecule has 0 amide bonds. The van der Waals surface area contributed by atoms with Gasteiger partial charge in [0.15, 0.2) is 10.6 Å². The number of hydrogen-bond acceptors (Lipinski definition) is 4. The Hall–Kier alpha value is -2.50. The van der Waals surface area contributed by atoms with Crippen molar-refractivity contribution < 1.29 is 8.83 Å². The largest absolute Gasteiger partial charge is 0.467 e. The van der Waals surface area contributed by atoms with Crippen LogP contribution in [0.1, 0.15) is 11.3 Å². The molecule has 4 aromatic rings. The van der Waals surface area contributed by atoms with E-state index >= 15 is 0 Å². The molecule has 0 atom stereocenters. The molecule has 0 N–H and O–H groups in total. The molecule has 0 saturated heterocycles. The fourth-order valence-electron chi connectivity index (χ4n) is 2.57. The SMILES string of the molecule is Cc1c(Cl)cccc1N=c1scc(-c2ccco2)n1Cc1ccco1. The van der Waals surface area contributed by atoms with E-state index in [1.807, 2.05) is 54.8 Å². The standard InChI is InChI=1S/C19H15ClN2O2S/c1-13-15(20)6-2-7-16(13)21-19-22(11-14-5-3-9-23-14)17(12-25-19)18-8-4-10-24-18/h2-10,12H,11H2,1H3. The van der Waals surface area contributed by atoms with E-state index in [0.717, 1.165) is 33.3 Å². The molecule has 25 heavy (non-hydrogen) atoms. The molecule has 4 rings (SSSR count). The molecule has 0 radical (unpaired) electrons. The normalized spacial score (nSPS) is 12.0. The molecular formula is C19H15ClN2O2S. The maximum atomic E-state index is 6.23. The van der Waals surface area contributed by atoms with Crippen LogP contribution in [0.4, 0.5) is 5.69 Å². The fourth-order valence-corrected chi connectivity index (χ4v) is 3.64. The van der Waals surface area contributed by atoms with Crippen molar-refractivity contribution in [2.75, 3.05) is 0 Å². The number of thiazole rings is 1. The Morgan fingerprint density at radius 2 is 1.92 bits per heavy atom. The van der Waals surface area contributed by atoms with Crippen molar-refractivity contribution in [1.29, 1.82) is 0 Å². The Labute approximate surface area is 153 Å². The molecule has 0 saturated carbocycles. The van der Waals surface area contributed by atoms with Crippen LogP contribution in [0.25, 0.3) is 11.5 Å². The minimum absolute atomic E-state index is 0.574. The van der Waals surface area contributed by atoms with Crippen molar-refractivity contribution in [3.63, 3.8) is 0 Å². The number of hydrogen-bond donors (Lipinski definition) is 0. The molecule has 1 aromatic carbocycles. The Morgan fingerprint density at radius 3 is 2.68 bits per heavy atom. The van der Waals surface area contributed by atoms with Crippen molar-refractivity contribution in [3.8, 4) is 11.5 Å². The number of benzene rings is 1. The number of rotatable bonds is 4. The van der Waals surface area contributed by atoms with Crippen LogP contribution in [0, 0.1) is 6.92 Å². The lowest BCUT2D eigenvalue weighted by Crippen LogP contribution is -2.16. The van der Waals surface area contributed by atoms with Crippen molar-refractivity contribution in [1.82, 2.24) is 4.57 Å². The van der Waals surface area contributed by atoms with Crippen LogP contribution in [0.5, 0.6) is 0 Å². The average Bonchev–Trinajstić information content (AvgIpc) is 3.35. The molecule has 4 nitrogen and oxygen atoms in total. The van der Waals surface area contributed by atoms with Crippen molar-refractivity contribution >= 4 is 28.6 Å². The lowest BCUT2D eigenvalue weighted by molar-refractivity contribution is 0.489. The highest BCUT2D eigenvalue weighted by Crippen LogP contribution is 2.26. The lowest BCUT2D eigenvalue weighted by atomic mass is 10.2. The summed E-state index contributed by atoms with van der Waals surface area (Å²) in [5, 5.41) is 2.75. The van der Waals surface area contributed by atoms with E-state index in [1.54, 1.807) is 23.9 Å². The maximum absolute atomic E-state index is 6.23. The van der Waals surface area contributed by atoms with E-state index in [2.05, 4.69) is 4.57 Å². The molecule has 0 bridgehead atoms. The van der Waals surface area contributed by atoms with Gasteiger partial charge in [-0.15, -0.1) is 11.3 Å². The van der Waals surface area contributed by atoms with Gasteiger partial charge in [-0.2, -0.15) is 0 Å². The second kappa shape index (κ2) is 6.78. The smallest absolute Gasteiger partial charge is 0.190 e. The van der Waals surface area contributed by atoms with Gasteiger partial charge in [0.1, 0.15) is 5.76 Å². The Kier molecular flexibility index (Phi) is 4.34. The molecule has 0 unspecified atom stereocenters. The van der Waals surface area contributed by atoms with E-state index in [9.17, 15) is 0 Å². The molecule has 126 valence electrons. The molecule has 0 spiro atoms. The Bertz CT molecular complexity index is 1040. The van der Waals surface area contributed by atoms with Crippen molar-refractivity contribution in [2.45, 2.75) is 13.5 Å². The maximum Gasteiger partial charge on any atom is 0.190 e. The van der Waals surface area contributed by atoms with Gasteiger partial charge >= 0.3 is 0 Å². The third kappa shape index (κ3) is 3.21. The van der Waals surface area contributed by atoms with Gasteiger partial charge in [0, 0.05) is 10.4 Å². The second-order valence-electron chi connectivity index (χ2n) is 5.54. The first-order chi connectivity index (χ1) is 12.2. The first-order valence-electron chi connectivity index (χ1n) is 7.77. The third-order valence-corrected chi connectivity index (χ3v) is 5.19. The molecule has 0 aliphatic rings. The third-order valence-electron chi connectivity index (χ3n) is 3.92. The quantitative estimate of drug-likeness (QED) is 0.466. The zero-order chi connectivity index (χ0) is 17.2. The highest BCUT2D eigenvalue weighted by molar-refractivity contribution is 7.07. The highest BCUT2D eigenvalue weighted by Gasteiger charge is 2.12. The van der Waals surface area contributed by atoms with Crippen LogP contribution in [0.2, 0.25) is 5.02 Å². The van der Waals surface area contributed by atoms with Gasteiger partial charge < -0.3 is 13.4 Å². The predicted octanol–water partition coefficient (Wildman–Crippen LogP) is 5.65. The summed E-state index contributed by atoms with van der Waals surface area (Å²) in [7, 11) is 0. The van der Waals surface area contributed by atoms with Crippen LogP contribution < -0.4 is 4.80 Å². The van der Waals surface area contributed by atoms with E-state index in [4.69, 9.17) is 25.4 Å². The van der Waals surface area contributed by atoms with Gasteiger partial charge in [-0.05, 0) is 48.9 Å². The zero-order valence-corrected chi connectivity index (χ0v) is 15.1. The van der Waals surface area contributed by atoms with Crippen molar-refractivity contribution in [2.24, 2.45) is 4.99 Å². The van der Waals surface area contributed by atoms with Gasteiger partial charge in [0.25, 0.3) is 0 Å². The number of furan rings is 2. The van der Waals surface area contributed by atoms with Crippen LogP contribution in [0.3, 0.4) is 0 Å². The Morgan fingerprint density at radius 1 is 1.08 bits per heavy atom. The minimum atomic E-state index is 0.574. The first kappa shape index (κ1) is 16.0. The second-order valence-corrected chi connectivity index (χ2v) is 6.79. The topological polar surface area (TPSA) is 43.6 Å². The Balaban J connectivity index is 1.87. The van der Waals surface area contributed by atoms with Crippen LogP contribution >= 0.6 is 22.9 Å². The zero-order valence-electron chi connectivity index (χ0n) is 13.5. The van der Waals surface area contributed by atoms with Gasteiger partial charge in [0.05, 0.1) is 30.5 Å². The summed E-state index contributed by atoms with van der Waals surface area (Å²) in [6.45, 7) is 2.55. The van der Waals surface area contributed by atoms with Gasteiger partial charge in [-0.1, -0.05) is 17.7 Å². The minimum Gasteiger partial charge on any atom is -0.467 e. The summed E-state index contributed by atoms with van der Waals surface area (Å²) in [5.74, 6) is 1.66. The van der Waals surface area contributed by atoms with Crippen LogP contribution in [-0.2, 0) is 6.54 Å². The molecule has 6 heteroatoms. The molecule has 3 aromatic heterocycles. The summed E-state index contributed by atoms with van der Waals surface area (Å²) in [5.41, 5.74) is 2.78. The summed E-state index contributed by atoms with van der Waals surface area (Å²) >= 11 is 7.79. The van der Waals surface area contributed by atoms with Gasteiger partial charge in [-0.25, -0.2) is 4.99 Å². The number of halogens is 1. The molecule has 0 fully saturated rings. The summed E-state index contributed by atoms with van der Waals surface area (Å²) in [4.78, 5) is 5.68. The fraction of sp³-hybridized carbons (Fsp3) is 0.105. The molecule has 0 aliphatic heterocycles. The average molecular weight is 371 g/mol. The molecule has 3 heterocycles. The summed E-state index contributed by atoms with van der Waals surface area (Å²) in [6, 6.07) is 13.4. The summed E-state index contributed by atoms with van der Waals surface area (Å²) < 4.78 is 13.2. The first-order valence-corrected chi connectivity index (χ1v) is 9.02. The predicted molar refractivity (Wildman–Crippen MR) is 99.2 cm³/mol. The van der Waals surface area contributed by atoms with E-state index < -0.39 is 0 Å². The number of aromatic nitrogens is 1. The van der Waals surface area contributed by atoms with E-state index in [1.165, 1.54) is 0 Å². The highest BCUT2D eigenvalue weighted by atomic mass is 35.5. The van der Waals surface area contributed by atoms with E-state index in [-0.39, 0.29) is 0 Å². The monoisotopic (exact) mass is 370 g/mol. The van der Waals surface area contributed by atoms with Gasteiger partial charge in [0.2, 0.25) is 0 Å². The van der Waals surface area contributed by atoms with E-state index in [0.29, 0.717) is 11.6 Å². The van der Waals surface area contributed by atoms with Gasteiger partial charge in [-0.3, -0.25) is 0 Å². The lowest BCUT2D eigenvalue weighted by Gasteiger charge is -2.06. The number of nitrogens with zero attached hydrogens (tertiary/aromatic N) is 2.